The molecule has 0 aliphatic carbocycles. The molecule has 0 bridgehead atoms. The molecule has 1 atom stereocenters. The number of amides is 1. The number of nitrogens with one attached hydrogen (secondary N) is 2. The lowest BCUT2D eigenvalue weighted by molar-refractivity contribution is 0.0904. The molecule has 6 nitrogen and oxygen atoms in total. The van der Waals surface area contributed by atoms with Crippen molar-refractivity contribution < 1.29 is 17.6 Å². The molecule has 0 saturated heterocycles. The van der Waals surface area contributed by atoms with Gasteiger partial charge >= 0.3 is 0 Å². The summed E-state index contributed by atoms with van der Waals surface area (Å²) in [4.78, 5) is 12.1. The van der Waals surface area contributed by atoms with Crippen LogP contribution in [0, 0.1) is 0 Å². The average Bonchev–Trinajstić information content (AvgIpc) is 2.86. The van der Waals surface area contributed by atoms with Crippen molar-refractivity contribution in [3.8, 4) is 0 Å². The van der Waals surface area contributed by atoms with Gasteiger partial charge < -0.3 is 9.73 Å². The SMILES string of the molecule is CCCCCC(C)NC(=O)c1ccc(S(=O)(=O)NC(C)(C)C)o1. The number of sulfonamides is 1. The van der Waals surface area contributed by atoms with Gasteiger partial charge in [-0.05, 0) is 46.2 Å². The van der Waals surface area contributed by atoms with Crippen LogP contribution in [0.5, 0.6) is 0 Å². The van der Waals surface area contributed by atoms with E-state index in [2.05, 4.69) is 17.0 Å². The average molecular weight is 344 g/mol. The molecule has 1 amide bonds. The van der Waals surface area contributed by atoms with E-state index in [0.717, 1.165) is 25.7 Å². The summed E-state index contributed by atoms with van der Waals surface area (Å²) in [5, 5.41) is 2.57. The molecule has 1 rings (SSSR count). The lowest BCUT2D eigenvalue weighted by Gasteiger charge is -2.19. The number of unbranched alkanes of at least 4 members (excludes halogenated alkanes) is 2. The molecule has 1 unspecified atom stereocenters. The molecule has 0 saturated carbocycles. The van der Waals surface area contributed by atoms with Gasteiger partial charge in [-0.3, -0.25) is 4.79 Å². The van der Waals surface area contributed by atoms with Crippen molar-refractivity contribution >= 4 is 15.9 Å². The number of carbonyl (C=O) groups excluding carboxylic acids is 1. The summed E-state index contributed by atoms with van der Waals surface area (Å²) < 4.78 is 32.0. The van der Waals surface area contributed by atoms with Crippen LogP contribution < -0.4 is 10.0 Å². The Morgan fingerprint density at radius 1 is 1.26 bits per heavy atom. The maximum atomic E-state index is 12.1. The van der Waals surface area contributed by atoms with Gasteiger partial charge in [0.2, 0.25) is 5.09 Å². The predicted molar refractivity (Wildman–Crippen MR) is 89.9 cm³/mol. The van der Waals surface area contributed by atoms with E-state index in [9.17, 15) is 13.2 Å². The standard InChI is InChI=1S/C16H28N2O4S/c1-6-7-8-9-12(2)17-15(19)13-10-11-14(22-13)23(20,21)18-16(3,4)5/h10-12,18H,6-9H2,1-5H3,(H,17,19). The topological polar surface area (TPSA) is 88.4 Å². The lowest BCUT2D eigenvalue weighted by Crippen LogP contribution is -2.40. The Bertz CT molecular complexity index is 614. The molecule has 23 heavy (non-hydrogen) atoms. The fraction of sp³-hybridized carbons (Fsp3) is 0.688. The predicted octanol–water partition coefficient (Wildman–Crippen LogP) is 3.06. The van der Waals surface area contributed by atoms with Crippen LogP contribution in [-0.4, -0.2) is 25.9 Å². The minimum Gasteiger partial charge on any atom is -0.438 e. The molecule has 0 aliphatic heterocycles. The Hall–Kier alpha value is -1.34. The van der Waals surface area contributed by atoms with Gasteiger partial charge in [0.25, 0.3) is 15.9 Å². The molecule has 1 aromatic rings. The number of hydrogen-bond donors (Lipinski definition) is 2. The van der Waals surface area contributed by atoms with Gasteiger partial charge in [0.1, 0.15) is 0 Å². The number of furan rings is 1. The van der Waals surface area contributed by atoms with E-state index in [-0.39, 0.29) is 16.9 Å². The summed E-state index contributed by atoms with van der Waals surface area (Å²) in [5.41, 5.74) is -0.623. The summed E-state index contributed by atoms with van der Waals surface area (Å²) in [6, 6.07) is 2.70. The van der Waals surface area contributed by atoms with E-state index in [4.69, 9.17) is 4.42 Å². The molecule has 7 heteroatoms. The van der Waals surface area contributed by atoms with Crippen molar-refractivity contribution in [1.82, 2.24) is 10.0 Å². The van der Waals surface area contributed by atoms with Gasteiger partial charge in [0, 0.05) is 11.6 Å². The molecule has 0 spiro atoms. The van der Waals surface area contributed by atoms with Gasteiger partial charge in [0.15, 0.2) is 5.76 Å². The number of hydrogen-bond acceptors (Lipinski definition) is 4. The largest absolute Gasteiger partial charge is 0.438 e. The van der Waals surface area contributed by atoms with Gasteiger partial charge in [0.05, 0.1) is 0 Å². The van der Waals surface area contributed by atoms with Crippen LogP contribution in [0.1, 0.15) is 70.9 Å². The van der Waals surface area contributed by atoms with Gasteiger partial charge in [-0.25, -0.2) is 13.1 Å². The van der Waals surface area contributed by atoms with E-state index < -0.39 is 21.5 Å². The first-order chi connectivity index (χ1) is 10.5. The van der Waals surface area contributed by atoms with E-state index >= 15 is 0 Å². The van der Waals surface area contributed by atoms with Crippen LogP contribution in [0.15, 0.2) is 21.6 Å². The highest BCUT2D eigenvalue weighted by Crippen LogP contribution is 2.16. The first-order valence-electron chi connectivity index (χ1n) is 8.00. The van der Waals surface area contributed by atoms with Crippen molar-refractivity contribution in [2.45, 2.75) is 77.0 Å². The summed E-state index contributed by atoms with van der Waals surface area (Å²) in [5.74, 6) is -0.396. The molecule has 2 N–H and O–H groups in total. The zero-order chi connectivity index (χ0) is 17.7. The van der Waals surface area contributed by atoms with E-state index in [0.29, 0.717) is 0 Å². The summed E-state index contributed by atoms with van der Waals surface area (Å²) in [6.07, 6.45) is 4.19. The van der Waals surface area contributed by atoms with E-state index in [1.165, 1.54) is 12.1 Å². The Morgan fingerprint density at radius 2 is 1.91 bits per heavy atom. The third-order valence-electron chi connectivity index (χ3n) is 3.13. The monoisotopic (exact) mass is 344 g/mol. The second kappa shape index (κ2) is 7.97. The highest BCUT2D eigenvalue weighted by molar-refractivity contribution is 7.89. The van der Waals surface area contributed by atoms with Crippen molar-refractivity contribution in [2.75, 3.05) is 0 Å². The maximum Gasteiger partial charge on any atom is 0.287 e. The van der Waals surface area contributed by atoms with Crippen LogP contribution in [0.4, 0.5) is 0 Å². The molecule has 0 aromatic carbocycles. The quantitative estimate of drug-likeness (QED) is 0.709. The van der Waals surface area contributed by atoms with Crippen molar-refractivity contribution in [1.29, 1.82) is 0 Å². The first-order valence-corrected chi connectivity index (χ1v) is 9.48. The minimum atomic E-state index is -3.77. The van der Waals surface area contributed by atoms with Gasteiger partial charge in [-0.15, -0.1) is 0 Å². The lowest BCUT2D eigenvalue weighted by atomic mass is 10.1. The minimum absolute atomic E-state index is 0.00151. The zero-order valence-electron chi connectivity index (χ0n) is 14.6. The fourth-order valence-corrected chi connectivity index (χ4v) is 3.46. The Balaban J connectivity index is 2.70. The van der Waals surface area contributed by atoms with Gasteiger partial charge in [-0.1, -0.05) is 26.2 Å². The van der Waals surface area contributed by atoms with Crippen LogP contribution in [0.3, 0.4) is 0 Å². The molecule has 0 fully saturated rings. The smallest absolute Gasteiger partial charge is 0.287 e. The summed E-state index contributed by atoms with van der Waals surface area (Å²) in [6.45, 7) is 9.26. The highest BCUT2D eigenvalue weighted by atomic mass is 32.2. The summed E-state index contributed by atoms with van der Waals surface area (Å²) >= 11 is 0. The third-order valence-corrected chi connectivity index (χ3v) is 4.76. The number of carbonyl (C=O) groups is 1. The van der Waals surface area contributed by atoms with Crippen molar-refractivity contribution in [3.05, 3.63) is 17.9 Å². The molecular weight excluding hydrogens is 316 g/mol. The second-order valence-electron chi connectivity index (χ2n) is 6.84. The molecule has 1 heterocycles. The first kappa shape index (κ1) is 19.7. The molecule has 1 aromatic heterocycles. The van der Waals surface area contributed by atoms with Crippen molar-refractivity contribution in [2.24, 2.45) is 0 Å². The molecule has 0 aliphatic rings. The third kappa shape index (κ3) is 6.74. The Kier molecular flexibility index (Phi) is 6.83. The highest BCUT2D eigenvalue weighted by Gasteiger charge is 2.26. The van der Waals surface area contributed by atoms with E-state index in [1.807, 2.05) is 6.92 Å². The van der Waals surface area contributed by atoms with Crippen molar-refractivity contribution in [3.63, 3.8) is 0 Å². The fourth-order valence-electron chi connectivity index (χ4n) is 2.11. The Labute approximate surface area is 139 Å². The maximum absolute atomic E-state index is 12.1. The second-order valence-corrected chi connectivity index (χ2v) is 8.46. The zero-order valence-corrected chi connectivity index (χ0v) is 15.4. The Morgan fingerprint density at radius 3 is 2.48 bits per heavy atom. The van der Waals surface area contributed by atoms with Crippen LogP contribution in [0.25, 0.3) is 0 Å². The van der Waals surface area contributed by atoms with Crippen LogP contribution in [-0.2, 0) is 10.0 Å². The molecule has 0 radical (unpaired) electrons. The van der Waals surface area contributed by atoms with Gasteiger partial charge in [-0.2, -0.15) is 0 Å². The normalized spacial score (nSPS) is 13.8. The summed E-state index contributed by atoms with van der Waals surface area (Å²) in [7, 11) is -3.77. The molecule has 132 valence electrons. The van der Waals surface area contributed by atoms with Crippen LogP contribution in [0.2, 0.25) is 0 Å². The van der Waals surface area contributed by atoms with E-state index in [1.54, 1.807) is 20.8 Å². The van der Waals surface area contributed by atoms with Crippen LogP contribution >= 0.6 is 0 Å². The molecular formula is C16H28N2O4S. The number of rotatable bonds is 8.